The molecule has 94 valence electrons. The van der Waals surface area contributed by atoms with Crippen LogP contribution in [0.25, 0.3) is 10.4 Å². The molecule has 1 fully saturated rings. The summed E-state index contributed by atoms with van der Waals surface area (Å²) in [5.41, 5.74) is 7.48. The molecule has 1 nitrogen and oxygen atoms in total. The molecule has 1 saturated carbocycles. The standard InChI is InChI=1S/C14H13Br2NS/c15-9-3-4-10(11(16)7-9)12-5-6-13(18-12)14(17)8-1-2-8/h3-8,14H,1-2,17H2. The second kappa shape index (κ2) is 5.08. The predicted molar refractivity (Wildman–Crippen MR) is 84.8 cm³/mol. The van der Waals surface area contributed by atoms with Crippen LogP contribution in [-0.2, 0) is 0 Å². The predicted octanol–water partition coefficient (Wildman–Crippen LogP) is 5.35. The summed E-state index contributed by atoms with van der Waals surface area (Å²) in [7, 11) is 0. The highest BCUT2D eigenvalue weighted by atomic mass is 79.9. The van der Waals surface area contributed by atoms with Gasteiger partial charge in [-0.1, -0.05) is 37.9 Å². The van der Waals surface area contributed by atoms with Gasteiger partial charge >= 0.3 is 0 Å². The topological polar surface area (TPSA) is 26.0 Å². The van der Waals surface area contributed by atoms with E-state index >= 15 is 0 Å². The molecule has 0 aliphatic heterocycles. The van der Waals surface area contributed by atoms with Crippen molar-refractivity contribution in [2.45, 2.75) is 18.9 Å². The summed E-state index contributed by atoms with van der Waals surface area (Å²) in [4.78, 5) is 2.59. The van der Waals surface area contributed by atoms with Gasteiger partial charge < -0.3 is 5.73 Å². The van der Waals surface area contributed by atoms with E-state index in [1.165, 1.54) is 28.2 Å². The van der Waals surface area contributed by atoms with Gasteiger partial charge in [-0.25, -0.2) is 0 Å². The molecule has 1 heterocycles. The molecule has 1 aromatic carbocycles. The maximum Gasteiger partial charge on any atom is 0.0418 e. The Morgan fingerprint density at radius 2 is 1.94 bits per heavy atom. The summed E-state index contributed by atoms with van der Waals surface area (Å²) >= 11 is 8.91. The van der Waals surface area contributed by atoms with Crippen molar-refractivity contribution in [1.29, 1.82) is 0 Å². The Morgan fingerprint density at radius 1 is 1.17 bits per heavy atom. The maximum absolute atomic E-state index is 6.25. The highest BCUT2D eigenvalue weighted by Gasteiger charge is 2.30. The van der Waals surface area contributed by atoms with Crippen LogP contribution in [0.15, 0.2) is 39.3 Å². The number of rotatable bonds is 3. The second-order valence-electron chi connectivity index (χ2n) is 4.69. The van der Waals surface area contributed by atoms with Gasteiger partial charge in [0.2, 0.25) is 0 Å². The summed E-state index contributed by atoms with van der Waals surface area (Å²) in [6, 6.07) is 10.9. The fourth-order valence-corrected chi connectivity index (χ4v) is 4.59. The first-order chi connectivity index (χ1) is 8.65. The fraction of sp³-hybridized carbons (Fsp3) is 0.286. The molecular weight excluding hydrogens is 374 g/mol. The quantitative estimate of drug-likeness (QED) is 0.755. The summed E-state index contributed by atoms with van der Waals surface area (Å²) in [5, 5.41) is 0. The van der Waals surface area contributed by atoms with Crippen molar-refractivity contribution in [2.24, 2.45) is 11.7 Å². The van der Waals surface area contributed by atoms with Crippen LogP contribution in [0.4, 0.5) is 0 Å². The van der Waals surface area contributed by atoms with Gasteiger partial charge in [0.25, 0.3) is 0 Å². The molecular formula is C14H13Br2NS. The normalized spacial score (nSPS) is 16.8. The first-order valence-electron chi connectivity index (χ1n) is 5.96. The smallest absolute Gasteiger partial charge is 0.0418 e. The fourth-order valence-electron chi connectivity index (χ4n) is 2.05. The molecule has 3 rings (SSSR count). The maximum atomic E-state index is 6.25. The average molecular weight is 387 g/mol. The molecule has 4 heteroatoms. The minimum Gasteiger partial charge on any atom is -0.323 e. The van der Waals surface area contributed by atoms with E-state index < -0.39 is 0 Å². The molecule has 1 unspecified atom stereocenters. The zero-order valence-corrected chi connectivity index (χ0v) is 13.7. The van der Waals surface area contributed by atoms with Crippen molar-refractivity contribution in [3.63, 3.8) is 0 Å². The van der Waals surface area contributed by atoms with E-state index in [4.69, 9.17) is 5.73 Å². The van der Waals surface area contributed by atoms with Crippen LogP contribution in [0.3, 0.4) is 0 Å². The molecule has 2 N–H and O–H groups in total. The highest BCUT2D eigenvalue weighted by molar-refractivity contribution is 9.11. The van der Waals surface area contributed by atoms with E-state index in [2.05, 4.69) is 62.2 Å². The Morgan fingerprint density at radius 3 is 2.61 bits per heavy atom. The number of thiophene rings is 1. The average Bonchev–Trinajstić information content (AvgIpc) is 3.07. The van der Waals surface area contributed by atoms with Gasteiger partial charge in [0, 0.05) is 30.3 Å². The number of halogens is 2. The van der Waals surface area contributed by atoms with E-state index in [1.54, 1.807) is 0 Å². The van der Waals surface area contributed by atoms with E-state index in [1.807, 2.05) is 11.3 Å². The number of hydrogen-bond donors (Lipinski definition) is 1. The third kappa shape index (κ3) is 2.57. The van der Waals surface area contributed by atoms with E-state index in [0.29, 0.717) is 5.92 Å². The molecule has 0 amide bonds. The molecule has 1 atom stereocenters. The number of nitrogens with two attached hydrogens (primary N) is 1. The molecule has 0 radical (unpaired) electrons. The van der Waals surface area contributed by atoms with Gasteiger partial charge in [-0.15, -0.1) is 11.3 Å². The summed E-state index contributed by atoms with van der Waals surface area (Å²) < 4.78 is 2.20. The molecule has 1 aliphatic rings. The Bertz CT molecular complexity index is 575. The molecule has 1 aromatic heterocycles. The second-order valence-corrected chi connectivity index (χ2v) is 7.57. The lowest BCUT2D eigenvalue weighted by Crippen LogP contribution is -2.10. The SMILES string of the molecule is NC(c1ccc(-c2ccc(Br)cc2Br)s1)C1CC1. The van der Waals surface area contributed by atoms with E-state index in [9.17, 15) is 0 Å². The van der Waals surface area contributed by atoms with Crippen molar-refractivity contribution in [2.75, 3.05) is 0 Å². The summed E-state index contributed by atoms with van der Waals surface area (Å²) in [5.74, 6) is 0.713. The third-order valence-electron chi connectivity index (χ3n) is 3.28. The van der Waals surface area contributed by atoms with Gasteiger partial charge in [0.1, 0.15) is 0 Å². The van der Waals surface area contributed by atoms with Crippen LogP contribution < -0.4 is 5.73 Å². The molecule has 0 saturated heterocycles. The summed E-state index contributed by atoms with van der Waals surface area (Å²) in [6.45, 7) is 0. The van der Waals surface area contributed by atoms with Gasteiger partial charge in [-0.3, -0.25) is 0 Å². The first-order valence-corrected chi connectivity index (χ1v) is 8.36. The van der Waals surface area contributed by atoms with Gasteiger partial charge in [-0.05, 0) is 43.0 Å². The largest absolute Gasteiger partial charge is 0.323 e. The van der Waals surface area contributed by atoms with Gasteiger partial charge in [0.15, 0.2) is 0 Å². The minimum absolute atomic E-state index is 0.234. The molecule has 0 bridgehead atoms. The lowest BCUT2D eigenvalue weighted by molar-refractivity contribution is 0.645. The zero-order valence-electron chi connectivity index (χ0n) is 9.70. The Kier molecular flexibility index (Phi) is 3.63. The van der Waals surface area contributed by atoms with Crippen LogP contribution in [0.5, 0.6) is 0 Å². The molecule has 1 aliphatic carbocycles. The lowest BCUT2D eigenvalue weighted by atomic mass is 10.1. The molecule has 2 aromatic rings. The van der Waals surface area contributed by atoms with Crippen LogP contribution in [0.2, 0.25) is 0 Å². The first kappa shape index (κ1) is 12.9. The van der Waals surface area contributed by atoms with Gasteiger partial charge in [-0.2, -0.15) is 0 Å². The van der Waals surface area contributed by atoms with Crippen molar-refractivity contribution in [1.82, 2.24) is 0 Å². The lowest BCUT2D eigenvalue weighted by Gasteiger charge is -2.06. The van der Waals surface area contributed by atoms with Crippen LogP contribution in [-0.4, -0.2) is 0 Å². The summed E-state index contributed by atoms with van der Waals surface area (Å²) in [6.07, 6.45) is 2.58. The van der Waals surface area contributed by atoms with E-state index in [-0.39, 0.29) is 6.04 Å². The third-order valence-corrected chi connectivity index (χ3v) is 5.65. The zero-order chi connectivity index (χ0) is 12.7. The van der Waals surface area contributed by atoms with Crippen molar-refractivity contribution in [3.05, 3.63) is 44.2 Å². The van der Waals surface area contributed by atoms with Crippen LogP contribution >= 0.6 is 43.2 Å². The van der Waals surface area contributed by atoms with E-state index in [0.717, 1.165) is 8.95 Å². The van der Waals surface area contributed by atoms with Crippen molar-refractivity contribution < 1.29 is 0 Å². The monoisotopic (exact) mass is 385 g/mol. The van der Waals surface area contributed by atoms with Crippen molar-refractivity contribution in [3.8, 4) is 10.4 Å². The number of benzene rings is 1. The van der Waals surface area contributed by atoms with Crippen LogP contribution in [0, 0.1) is 5.92 Å². The van der Waals surface area contributed by atoms with Gasteiger partial charge in [0.05, 0.1) is 0 Å². The Balaban J connectivity index is 1.92. The molecule has 18 heavy (non-hydrogen) atoms. The minimum atomic E-state index is 0.234. The van der Waals surface area contributed by atoms with Crippen LogP contribution in [0.1, 0.15) is 23.8 Å². The number of hydrogen-bond acceptors (Lipinski definition) is 2. The molecule has 0 spiro atoms. The Labute approximate surface area is 128 Å². The highest BCUT2D eigenvalue weighted by Crippen LogP contribution is 2.43. The Hall–Kier alpha value is -0.160. The van der Waals surface area contributed by atoms with Crippen molar-refractivity contribution >= 4 is 43.2 Å².